The Morgan fingerprint density at radius 1 is 1.04 bits per heavy atom. The summed E-state index contributed by atoms with van der Waals surface area (Å²) in [7, 11) is 3.79. The van der Waals surface area contributed by atoms with Crippen LogP contribution in [-0.2, 0) is 13.1 Å². The highest BCUT2D eigenvalue weighted by Gasteiger charge is 2.10. The van der Waals surface area contributed by atoms with Gasteiger partial charge in [-0.1, -0.05) is 42.5 Å². The summed E-state index contributed by atoms with van der Waals surface area (Å²) in [6.45, 7) is 0.889. The summed E-state index contributed by atoms with van der Waals surface area (Å²) in [5, 5.41) is 4.89. The largest absolute Gasteiger partial charge is 0.348 e. The fourth-order valence-electron chi connectivity index (χ4n) is 2.90. The van der Waals surface area contributed by atoms with Crippen molar-refractivity contribution in [1.29, 1.82) is 0 Å². The molecule has 1 N–H and O–H groups in total. The van der Waals surface area contributed by atoms with Crippen LogP contribution in [0.15, 0.2) is 60.7 Å². The molecule has 0 unspecified atom stereocenters. The van der Waals surface area contributed by atoms with Gasteiger partial charge in [-0.2, -0.15) is 0 Å². The molecule has 0 saturated heterocycles. The molecule has 3 nitrogen and oxygen atoms in total. The molecule has 0 spiro atoms. The summed E-state index contributed by atoms with van der Waals surface area (Å²) < 4.78 is 13.9. The van der Waals surface area contributed by atoms with Gasteiger partial charge in [-0.05, 0) is 48.6 Å². The standard InChI is InChI=1S/C21H21FN2O/c1-24(2)14-17-12-15(10-11-20(17)22)13-23-21(25)19-9-5-7-16-6-3-4-8-18(16)19/h3-12H,13-14H2,1-2H3,(H,23,25). The van der Waals surface area contributed by atoms with Crippen LogP contribution in [0.1, 0.15) is 21.5 Å². The quantitative estimate of drug-likeness (QED) is 0.764. The van der Waals surface area contributed by atoms with Crippen LogP contribution in [0, 0.1) is 5.82 Å². The van der Waals surface area contributed by atoms with Gasteiger partial charge in [0, 0.05) is 24.2 Å². The van der Waals surface area contributed by atoms with Crippen molar-refractivity contribution in [1.82, 2.24) is 10.2 Å². The molecule has 0 aliphatic carbocycles. The van der Waals surface area contributed by atoms with E-state index in [4.69, 9.17) is 0 Å². The lowest BCUT2D eigenvalue weighted by molar-refractivity contribution is 0.0952. The number of rotatable bonds is 5. The van der Waals surface area contributed by atoms with Gasteiger partial charge < -0.3 is 10.2 Å². The lowest BCUT2D eigenvalue weighted by Gasteiger charge is -2.13. The van der Waals surface area contributed by atoms with Crippen molar-refractivity contribution >= 4 is 16.7 Å². The van der Waals surface area contributed by atoms with Crippen LogP contribution in [0.4, 0.5) is 4.39 Å². The molecular formula is C21H21FN2O. The average molecular weight is 336 g/mol. The lowest BCUT2D eigenvalue weighted by atomic mass is 10.0. The number of halogens is 1. The predicted molar refractivity (Wildman–Crippen MR) is 98.9 cm³/mol. The molecule has 3 rings (SSSR count). The summed E-state index contributed by atoms with van der Waals surface area (Å²) in [6, 6.07) is 18.5. The van der Waals surface area contributed by atoms with Gasteiger partial charge in [0.25, 0.3) is 5.91 Å². The van der Waals surface area contributed by atoms with E-state index in [-0.39, 0.29) is 11.7 Å². The van der Waals surface area contributed by atoms with Crippen molar-refractivity contribution in [2.45, 2.75) is 13.1 Å². The molecule has 3 aromatic carbocycles. The molecule has 3 aromatic rings. The number of nitrogens with zero attached hydrogens (tertiary/aromatic N) is 1. The molecule has 0 aromatic heterocycles. The van der Waals surface area contributed by atoms with Crippen molar-refractivity contribution in [3.63, 3.8) is 0 Å². The molecule has 0 fully saturated rings. The van der Waals surface area contributed by atoms with Crippen LogP contribution >= 0.6 is 0 Å². The number of fused-ring (bicyclic) bond motifs is 1. The van der Waals surface area contributed by atoms with E-state index in [1.165, 1.54) is 6.07 Å². The Morgan fingerprint density at radius 3 is 2.60 bits per heavy atom. The number of benzene rings is 3. The topological polar surface area (TPSA) is 32.3 Å². The van der Waals surface area contributed by atoms with Gasteiger partial charge in [0.1, 0.15) is 5.82 Å². The number of hydrogen-bond donors (Lipinski definition) is 1. The highest BCUT2D eigenvalue weighted by atomic mass is 19.1. The molecule has 0 aliphatic heterocycles. The van der Waals surface area contributed by atoms with Crippen molar-refractivity contribution in [3.05, 3.63) is 83.2 Å². The third kappa shape index (κ3) is 4.03. The van der Waals surface area contributed by atoms with E-state index in [1.54, 1.807) is 12.1 Å². The highest BCUT2D eigenvalue weighted by Crippen LogP contribution is 2.18. The van der Waals surface area contributed by atoms with Crippen molar-refractivity contribution in [2.75, 3.05) is 14.1 Å². The van der Waals surface area contributed by atoms with E-state index < -0.39 is 0 Å². The van der Waals surface area contributed by atoms with Crippen LogP contribution in [0.3, 0.4) is 0 Å². The molecular weight excluding hydrogens is 315 g/mol. The van der Waals surface area contributed by atoms with Crippen molar-refractivity contribution < 1.29 is 9.18 Å². The first kappa shape index (κ1) is 17.1. The van der Waals surface area contributed by atoms with Gasteiger partial charge in [0.05, 0.1) is 0 Å². The predicted octanol–water partition coefficient (Wildman–Crippen LogP) is 3.97. The monoisotopic (exact) mass is 336 g/mol. The van der Waals surface area contributed by atoms with Crippen LogP contribution < -0.4 is 5.32 Å². The van der Waals surface area contributed by atoms with Crippen LogP contribution in [0.2, 0.25) is 0 Å². The van der Waals surface area contributed by atoms with Gasteiger partial charge in [0.15, 0.2) is 0 Å². The fourth-order valence-corrected chi connectivity index (χ4v) is 2.90. The lowest BCUT2D eigenvalue weighted by Crippen LogP contribution is -2.23. The number of carbonyl (C=O) groups excluding carboxylic acids is 1. The maximum Gasteiger partial charge on any atom is 0.252 e. The third-order valence-electron chi connectivity index (χ3n) is 4.08. The second-order valence-corrected chi connectivity index (χ2v) is 6.37. The maximum absolute atomic E-state index is 13.9. The van der Waals surface area contributed by atoms with E-state index in [2.05, 4.69) is 5.32 Å². The Kier molecular flexibility index (Phi) is 5.10. The number of amides is 1. The number of carbonyl (C=O) groups is 1. The summed E-state index contributed by atoms with van der Waals surface area (Å²) in [5.74, 6) is -0.354. The van der Waals surface area contributed by atoms with Crippen molar-refractivity contribution in [3.8, 4) is 0 Å². The maximum atomic E-state index is 13.9. The van der Waals surface area contributed by atoms with Gasteiger partial charge in [-0.15, -0.1) is 0 Å². The van der Waals surface area contributed by atoms with E-state index in [0.717, 1.165) is 16.3 Å². The first-order valence-electron chi connectivity index (χ1n) is 8.22. The molecule has 4 heteroatoms. The van der Waals surface area contributed by atoms with Crippen LogP contribution in [0.5, 0.6) is 0 Å². The van der Waals surface area contributed by atoms with Gasteiger partial charge in [-0.25, -0.2) is 4.39 Å². The Bertz CT molecular complexity index is 900. The number of nitrogens with one attached hydrogen (secondary N) is 1. The second kappa shape index (κ2) is 7.45. The normalized spacial score (nSPS) is 11.0. The summed E-state index contributed by atoms with van der Waals surface area (Å²) in [6.07, 6.45) is 0. The summed E-state index contributed by atoms with van der Waals surface area (Å²) in [5.41, 5.74) is 2.16. The Labute approximate surface area is 147 Å². The SMILES string of the molecule is CN(C)Cc1cc(CNC(=O)c2cccc3ccccc23)ccc1F. The fraction of sp³-hybridized carbons (Fsp3) is 0.190. The number of hydrogen-bond acceptors (Lipinski definition) is 2. The second-order valence-electron chi connectivity index (χ2n) is 6.37. The minimum absolute atomic E-state index is 0.129. The molecule has 0 atom stereocenters. The average Bonchev–Trinajstić information content (AvgIpc) is 2.61. The molecule has 128 valence electrons. The van der Waals surface area contributed by atoms with E-state index >= 15 is 0 Å². The zero-order chi connectivity index (χ0) is 17.8. The van der Waals surface area contributed by atoms with Gasteiger partial charge >= 0.3 is 0 Å². The minimum atomic E-state index is -0.224. The molecule has 0 bridgehead atoms. The van der Waals surface area contributed by atoms with Gasteiger partial charge in [-0.3, -0.25) is 4.79 Å². The first-order valence-corrected chi connectivity index (χ1v) is 8.22. The first-order chi connectivity index (χ1) is 12.0. The Morgan fingerprint density at radius 2 is 1.80 bits per heavy atom. The summed E-state index contributed by atoms with van der Waals surface area (Å²) in [4.78, 5) is 14.5. The minimum Gasteiger partial charge on any atom is -0.348 e. The molecule has 0 radical (unpaired) electrons. The van der Waals surface area contributed by atoms with E-state index in [1.807, 2.05) is 61.5 Å². The van der Waals surface area contributed by atoms with Crippen molar-refractivity contribution in [2.24, 2.45) is 0 Å². The van der Waals surface area contributed by atoms with E-state index in [0.29, 0.717) is 24.2 Å². The highest BCUT2D eigenvalue weighted by molar-refractivity contribution is 6.06. The van der Waals surface area contributed by atoms with Crippen LogP contribution in [0.25, 0.3) is 10.8 Å². The third-order valence-corrected chi connectivity index (χ3v) is 4.08. The van der Waals surface area contributed by atoms with E-state index in [9.17, 15) is 9.18 Å². The molecule has 0 saturated carbocycles. The smallest absolute Gasteiger partial charge is 0.252 e. The molecule has 25 heavy (non-hydrogen) atoms. The summed E-state index contributed by atoms with van der Waals surface area (Å²) >= 11 is 0. The van der Waals surface area contributed by atoms with Gasteiger partial charge in [0.2, 0.25) is 0 Å². The van der Waals surface area contributed by atoms with Crippen LogP contribution in [-0.4, -0.2) is 24.9 Å². The molecule has 0 heterocycles. The Balaban J connectivity index is 1.76. The Hall–Kier alpha value is -2.72. The zero-order valence-electron chi connectivity index (χ0n) is 14.4. The molecule has 1 amide bonds. The zero-order valence-corrected chi connectivity index (χ0v) is 14.4. The molecule has 0 aliphatic rings.